The number of anilines is 1. The van der Waals surface area contributed by atoms with Crippen LogP contribution >= 0.6 is 11.3 Å². The third-order valence-corrected chi connectivity index (χ3v) is 6.26. The minimum Gasteiger partial charge on any atom is -0.496 e. The van der Waals surface area contributed by atoms with Gasteiger partial charge in [-0.15, -0.1) is 11.3 Å². The molecule has 1 aliphatic rings. The first-order chi connectivity index (χ1) is 15.3. The molecule has 1 aromatic heterocycles. The number of benzene rings is 2. The first kappa shape index (κ1) is 21.6. The Morgan fingerprint density at radius 3 is 2.66 bits per heavy atom. The molecule has 0 aliphatic carbocycles. The van der Waals surface area contributed by atoms with Crippen molar-refractivity contribution in [1.82, 2.24) is 0 Å². The highest BCUT2D eigenvalue weighted by Crippen LogP contribution is 2.33. The van der Waals surface area contributed by atoms with Crippen molar-refractivity contribution in [2.45, 2.75) is 19.3 Å². The molecule has 0 spiro atoms. The first-order valence-corrected chi connectivity index (χ1v) is 10.5. The first-order valence-electron chi connectivity index (χ1n) is 9.62. The SMILES string of the molecule is COc1ccc(F)cc1CCc1ccc(F)c(N2C(=O)Cc3csc(C(=O)O)c3C2=O)c1. The van der Waals surface area contributed by atoms with Crippen molar-refractivity contribution in [2.24, 2.45) is 0 Å². The number of nitrogens with zero attached hydrogens (tertiary/aromatic N) is 1. The lowest BCUT2D eigenvalue weighted by Crippen LogP contribution is -2.43. The van der Waals surface area contributed by atoms with Crippen LogP contribution in [0.4, 0.5) is 14.5 Å². The Morgan fingerprint density at radius 2 is 1.94 bits per heavy atom. The van der Waals surface area contributed by atoms with E-state index in [0.717, 1.165) is 17.4 Å². The smallest absolute Gasteiger partial charge is 0.346 e. The molecule has 0 radical (unpaired) electrons. The van der Waals surface area contributed by atoms with E-state index >= 15 is 0 Å². The number of aromatic carboxylic acids is 1. The van der Waals surface area contributed by atoms with E-state index in [1.807, 2.05) is 0 Å². The Kier molecular flexibility index (Phi) is 5.75. The lowest BCUT2D eigenvalue weighted by molar-refractivity contribution is -0.117. The second-order valence-electron chi connectivity index (χ2n) is 7.22. The van der Waals surface area contributed by atoms with Gasteiger partial charge in [0.05, 0.1) is 24.8 Å². The monoisotopic (exact) mass is 457 g/mol. The Morgan fingerprint density at radius 1 is 1.16 bits per heavy atom. The van der Waals surface area contributed by atoms with E-state index in [-0.39, 0.29) is 22.5 Å². The Balaban J connectivity index is 1.65. The molecule has 2 heterocycles. The van der Waals surface area contributed by atoms with Crippen molar-refractivity contribution in [3.8, 4) is 5.75 Å². The molecule has 0 saturated heterocycles. The van der Waals surface area contributed by atoms with E-state index in [1.54, 1.807) is 0 Å². The van der Waals surface area contributed by atoms with E-state index in [1.165, 1.54) is 42.8 Å². The van der Waals surface area contributed by atoms with Gasteiger partial charge in [0.2, 0.25) is 5.91 Å². The van der Waals surface area contributed by atoms with Gasteiger partial charge in [-0.2, -0.15) is 0 Å². The van der Waals surface area contributed by atoms with Crippen molar-refractivity contribution >= 4 is 34.8 Å². The van der Waals surface area contributed by atoms with Gasteiger partial charge in [0, 0.05) is 0 Å². The zero-order valence-electron chi connectivity index (χ0n) is 16.9. The quantitative estimate of drug-likeness (QED) is 0.560. The van der Waals surface area contributed by atoms with Gasteiger partial charge in [0.1, 0.15) is 22.3 Å². The predicted octanol–water partition coefficient (Wildman–Crippen LogP) is 4.25. The number of ether oxygens (including phenoxy) is 1. The molecular formula is C23H17F2NO5S. The highest BCUT2D eigenvalue weighted by molar-refractivity contribution is 7.12. The van der Waals surface area contributed by atoms with Crippen LogP contribution in [0.15, 0.2) is 41.8 Å². The number of carbonyl (C=O) groups excluding carboxylic acids is 2. The maximum Gasteiger partial charge on any atom is 0.346 e. The molecule has 1 N–H and O–H groups in total. The van der Waals surface area contributed by atoms with Crippen LogP contribution in [-0.2, 0) is 24.1 Å². The van der Waals surface area contributed by atoms with Gasteiger partial charge >= 0.3 is 5.97 Å². The molecule has 2 amide bonds. The summed E-state index contributed by atoms with van der Waals surface area (Å²) in [4.78, 5) is 37.6. The lowest BCUT2D eigenvalue weighted by Gasteiger charge is -2.26. The molecule has 2 aromatic carbocycles. The van der Waals surface area contributed by atoms with Crippen LogP contribution in [0.3, 0.4) is 0 Å². The van der Waals surface area contributed by atoms with Gasteiger partial charge in [-0.1, -0.05) is 6.07 Å². The molecule has 4 rings (SSSR count). The van der Waals surface area contributed by atoms with Crippen LogP contribution in [0.2, 0.25) is 0 Å². The van der Waals surface area contributed by atoms with Crippen molar-refractivity contribution in [2.75, 3.05) is 12.0 Å². The van der Waals surface area contributed by atoms with Gasteiger partial charge in [0.25, 0.3) is 5.91 Å². The number of carboxylic acid groups (broad SMARTS) is 1. The maximum absolute atomic E-state index is 14.7. The molecule has 0 unspecified atom stereocenters. The second-order valence-corrected chi connectivity index (χ2v) is 8.10. The second kappa shape index (κ2) is 8.51. The van der Waals surface area contributed by atoms with Gasteiger partial charge in [0.15, 0.2) is 0 Å². The van der Waals surface area contributed by atoms with E-state index < -0.39 is 29.4 Å². The Bertz CT molecular complexity index is 1250. The van der Waals surface area contributed by atoms with Crippen LogP contribution in [0, 0.1) is 11.6 Å². The molecule has 1 aliphatic heterocycles. The van der Waals surface area contributed by atoms with E-state index in [9.17, 15) is 28.3 Å². The molecule has 32 heavy (non-hydrogen) atoms. The van der Waals surface area contributed by atoms with Crippen molar-refractivity contribution in [3.63, 3.8) is 0 Å². The third-order valence-electron chi connectivity index (χ3n) is 5.25. The fourth-order valence-electron chi connectivity index (χ4n) is 3.73. The van der Waals surface area contributed by atoms with E-state index in [0.29, 0.717) is 40.2 Å². The molecule has 0 fully saturated rings. The van der Waals surface area contributed by atoms with E-state index in [2.05, 4.69) is 0 Å². The number of methoxy groups -OCH3 is 1. The Hall–Kier alpha value is -3.59. The minimum atomic E-state index is -1.28. The number of hydrogen-bond donors (Lipinski definition) is 1. The van der Waals surface area contributed by atoms with E-state index in [4.69, 9.17) is 4.74 Å². The highest BCUT2D eigenvalue weighted by Gasteiger charge is 2.38. The normalized spacial score (nSPS) is 13.3. The largest absolute Gasteiger partial charge is 0.496 e. The fourth-order valence-corrected chi connectivity index (χ4v) is 4.63. The molecule has 0 saturated carbocycles. The van der Waals surface area contributed by atoms with Crippen LogP contribution in [0.5, 0.6) is 5.75 Å². The average Bonchev–Trinajstić information content (AvgIpc) is 3.18. The van der Waals surface area contributed by atoms with Gasteiger partial charge in [-0.25, -0.2) is 18.5 Å². The topological polar surface area (TPSA) is 83.9 Å². The summed E-state index contributed by atoms with van der Waals surface area (Å²) in [7, 11) is 1.48. The van der Waals surface area contributed by atoms with Crippen LogP contribution < -0.4 is 9.64 Å². The molecular weight excluding hydrogens is 440 g/mol. The van der Waals surface area contributed by atoms with Crippen molar-refractivity contribution in [1.29, 1.82) is 0 Å². The number of hydrogen-bond acceptors (Lipinski definition) is 5. The molecule has 9 heteroatoms. The Labute approximate surface area is 185 Å². The summed E-state index contributed by atoms with van der Waals surface area (Å²) < 4.78 is 33.5. The number of carboxylic acids is 1. The summed E-state index contributed by atoms with van der Waals surface area (Å²) >= 11 is 0.859. The highest BCUT2D eigenvalue weighted by atomic mass is 32.1. The lowest BCUT2D eigenvalue weighted by atomic mass is 9.99. The minimum absolute atomic E-state index is 0.0867. The molecule has 0 atom stereocenters. The number of imide groups is 1. The molecule has 164 valence electrons. The number of fused-ring (bicyclic) bond motifs is 1. The molecule has 3 aromatic rings. The van der Waals surface area contributed by atoms with Gasteiger partial charge < -0.3 is 9.84 Å². The van der Waals surface area contributed by atoms with Crippen molar-refractivity contribution in [3.05, 3.63) is 80.5 Å². The molecule has 0 bridgehead atoms. The number of aryl methyl sites for hydroxylation is 2. The number of thiophene rings is 1. The zero-order chi connectivity index (χ0) is 23.0. The summed E-state index contributed by atoms with van der Waals surface area (Å²) in [6.45, 7) is 0. The number of halogens is 2. The summed E-state index contributed by atoms with van der Waals surface area (Å²) in [5, 5.41) is 10.8. The molecule has 6 nitrogen and oxygen atoms in total. The summed E-state index contributed by atoms with van der Waals surface area (Å²) in [6, 6.07) is 8.21. The number of amides is 2. The summed E-state index contributed by atoms with van der Waals surface area (Å²) in [5.74, 6) is -3.46. The van der Waals surface area contributed by atoms with Crippen molar-refractivity contribution < 1.29 is 33.0 Å². The number of rotatable bonds is 6. The fraction of sp³-hybridized carbons (Fsp3) is 0.174. The van der Waals surface area contributed by atoms with Crippen LogP contribution in [0.25, 0.3) is 0 Å². The van der Waals surface area contributed by atoms with Gasteiger partial charge in [-0.3, -0.25) is 9.59 Å². The maximum atomic E-state index is 14.7. The third kappa shape index (κ3) is 3.87. The summed E-state index contributed by atoms with van der Waals surface area (Å²) in [5.41, 5.74) is 1.24. The predicted molar refractivity (Wildman–Crippen MR) is 114 cm³/mol. The average molecular weight is 457 g/mol. The summed E-state index contributed by atoms with van der Waals surface area (Å²) in [6.07, 6.45) is 0.550. The zero-order valence-corrected chi connectivity index (χ0v) is 17.7. The number of carbonyl (C=O) groups is 3. The van der Waals surface area contributed by atoms with Crippen LogP contribution in [0.1, 0.15) is 36.7 Å². The van der Waals surface area contributed by atoms with Crippen LogP contribution in [-0.4, -0.2) is 30.0 Å². The van der Waals surface area contributed by atoms with Gasteiger partial charge in [-0.05, 0) is 65.2 Å². The standard InChI is InChI=1S/C23H17F2NO5S/c1-31-18-7-5-15(24)9-13(18)4-2-12-3-6-16(25)17(8-12)26-19(27)10-14-11-32-21(23(29)30)20(14)22(26)28/h3,5-9,11H,2,4,10H2,1H3,(H,29,30).